The van der Waals surface area contributed by atoms with Gasteiger partial charge in [-0.2, -0.15) is 0 Å². The number of hydrogen-bond acceptors (Lipinski definition) is 10. The smallest absolute Gasteiger partial charge is 0.256 e. The van der Waals surface area contributed by atoms with Crippen LogP contribution in [0.15, 0.2) is 35.2 Å². The summed E-state index contributed by atoms with van der Waals surface area (Å²) < 4.78 is 6.99. The van der Waals surface area contributed by atoms with Gasteiger partial charge in [0, 0.05) is 19.3 Å². The second-order valence-corrected chi connectivity index (χ2v) is 8.89. The number of aliphatic hydroxyl groups is 2. The molecule has 1 aliphatic heterocycles. The lowest BCUT2D eigenvalue weighted by atomic mass is 9.91. The molecule has 3 heterocycles. The van der Waals surface area contributed by atoms with Crippen molar-refractivity contribution in [1.82, 2.24) is 29.7 Å². The number of nitrogens with one attached hydrogen (secondary N) is 1. The molecule has 5 N–H and O–H groups in total. The molecular weight excluding hydrogens is 492 g/mol. The van der Waals surface area contributed by atoms with Crippen molar-refractivity contribution in [3.05, 3.63) is 36.1 Å². The number of aliphatic hydroxyl groups excluding tert-OH is 2. The molecule has 200 valence electrons. The van der Waals surface area contributed by atoms with Crippen molar-refractivity contribution in [1.29, 1.82) is 0 Å². The second-order valence-electron chi connectivity index (χ2n) is 8.89. The lowest BCUT2D eigenvalue weighted by Crippen LogP contribution is -2.44. The molecule has 4 rings (SSSR count). The minimum absolute atomic E-state index is 0.0521. The third kappa shape index (κ3) is 5.14. The van der Waals surface area contributed by atoms with Crippen molar-refractivity contribution in [2.75, 3.05) is 19.3 Å². The number of ether oxygens (including phenoxy) is 1. The summed E-state index contributed by atoms with van der Waals surface area (Å²) in [5, 5.41) is 23.2. The fourth-order valence-corrected chi connectivity index (χ4v) is 4.31. The number of carbonyl (C=O) groups excluding carboxylic acids is 2. The van der Waals surface area contributed by atoms with E-state index in [9.17, 15) is 19.8 Å². The predicted octanol–water partition coefficient (Wildman–Crippen LogP) is -0.333. The number of aliphatic imine (C=N–C) groups is 1. The number of allylic oxidation sites excluding steroid dienone is 1. The Hall–Kier alpha value is -4.12. The Morgan fingerprint density at radius 3 is 2.76 bits per heavy atom. The molecule has 38 heavy (non-hydrogen) atoms. The van der Waals surface area contributed by atoms with Crippen LogP contribution in [0.3, 0.4) is 0 Å². The van der Waals surface area contributed by atoms with E-state index >= 15 is 0 Å². The van der Waals surface area contributed by atoms with Crippen molar-refractivity contribution in [2.45, 2.75) is 56.8 Å². The quantitative estimate of drug-likeness (QED) is 0.164. The number of aromatic nitrogens is 4. The summed E-state index contributed by atoms with van der Waals surface area (Å²) in [4.78, 5) is 43.4. The van der Waals surface area contributed by atoms with Crippen molar-refractivity contribution in [3.8, 4) is 11.8 Å². The normalized spacial score (nSPS) is 23.6. The second kappa shape index (κ2) is 11.5. The van der Waals surface area contributed by atoms with Gasteiger partial charge in [-0.15, -0.1) is 0 Å². The molecule has 13 heteroatoms. The van der Waals surface area contributed by atoms with E-state index in [0.717, 1.165) is 19.3 Å². The third-order valence-electron chi connectivity index (χ3n) is 6.52. The first kappa shape index (κ1) is 26.9. The Balaban J connectivity index is 1.61. The largest absolute Gasteiger partial charge is 0.387 e. The van der Waals surface area contributed by atoms with Crippen LogP contribution in [0.2, 0.25) is 0 Å². The highest BCUT2D eigenvalue weighted by Crippen LogP contribution is 2.32. The predicted molar refractivity (Wildman–Crippen MR) is 138 cm³/mol. The third-order valence-corrected chi connectivity index (χ3v) is 6.52. The molecule has 2 aromatic heterocycles. The molecule has 0 bridgehead atoms. The highest BCUT2D eigenvalue weighted by atomic mass is 16.6. The average molecular weight is 523 g/mol. The van der Waals surface area contributed by atoms with Crippen molar-refractivity contribution >= 4 is 35.5 Å². The maximum absolute atomic E-state index is 13.1. The van der Waals surface area contributed by atoms with Gasteiger partial charge < -0.3 is 30.9 Å². The zero-order valence-corrected chi connectivity index (χ0v) is 21.1. The zero-order chi connectivity index (χ0) is 27.4. The minimum Gasteiger partial charge on any atom is -0.387 e. The highest BCUT2D eigenvalue weighted by molar-refractivity contribution is 5.96. The van der Waals surface area contributed by atoms with Crippen LogP contribution in [-0.2, 0) is 14.3 Å². The summed E-state index contributed by atoms with van der Waals surface area (Å²) in [6.07, 6.45) is 3.71. The number of imidazole rings is 1. The molecule has 0 unspecified atom stereocenters. The molecule has 0 spiro atoms. The standard InChI is InChI=1S/C25H30N8O5/c1-4-7-14(12-27-2)24(37)32(15-8-5-9-15)11-6-10-16-30-21(26)17-22(31-16)33(13-29-17)25-19(35)18(34)20(38-25)23(36)28-3/h4,7,12-13,15,18-20,25,34-35H,2,5,8-9,11H2,1,3H3,(H,28,36)(H2,26,30,31)/b7-4-,14-12+/t18-,19+,20-,25+/m0/s1. The van der Waals surface area contributed by atoms with E-state index in [1.165, 1.54) is 24.1 Å². The number of nitrogens with zero attached hydrogens (tertiary/aromatic N) is 6. The van der Waals surface area contributed by atoms with Gasteiger partial charge in [-0.3, -0.25) is 19.1 Å². The van der Waals surface area contributed by atoms with Gasteiger partial charge in [-0.1, -0.05) is 18.1 Å². The van der Waals surface area contributed by atoms with Gasteiger partial charge in [0.1, 0.15) is 17.7 Å². The van der Waals surface area contributed by atoms with E-state index < -0.39 is 30.4 Å². The molecule has 2 aliphatic rings. The number of fused-ring (bicyclic) bond motifs is 1. The molecule has 2 fully saturated rings. The number of anilines is 1. The van der Waals surface area contributed by atoms with Crippen LogP contribution < -0.4 is 11.1 Å². The summed E-state index contributed by atoms with van der Waals surface area (Å²) in [7, 11) is 1.40. The minimum atomic E-state index is -1.45. The maximum atomic E-state index is 13.1. The lowest BCUT2D eigenvalue weighted by molar-refractivity contribution is -0.137. The number of carbonyl (C=O) groups is 2. The van der Waals surface area contributed by atoms with Crippen LogP contribution in [0.5, 0.6) is 0 Å². The van der Waals surface area contributed by atoms with E-state index in [4.69, 9.17) is 10.5 Å². The van der Waals surface area contributed by atoms with Crippen LogP contribution in [-0.4, -0.2) is 91.1 Å². The molecule has 1 saturated carbocycles. The fourth-order valence-electron chi connectivity index (χ4n) is 4.31. The molecule has 2 aromatic rings. The number of rotatable bonds is 7. The van der Waals surface area contributed by atoms with Crippen LogP contribution in [0.1, 0.15) is 38.2 Å². The Labute approximate surface area is 219 Å². The van der Waals surface area contributed by atoms with Gasteiger partial charge >= 0.3 is 0 Å². The summed E-state index contributed by atoms with van der Waals surface area (Å²) >= 11 is 0. The number of nitrogen functional groups attached to an aromatic ring is 1. The molecule has 2 amide bonds. The van der Waals surface area contributed by atoms with E-state index in [-0.39, 0.29) is 41.3 Å². The van der Waals surface area contributed by atoms with Gasteiger partial charge in [-0.05, 0) is 38.8 Å². The van der Waals surface area contributed by atoms with Gasteiger partial charge in [0.05, 0.1) is 18.4 Å². The lowest BCUT2D eigenvalue weighted by Gasteiger charge is -2.36. The first-order valence-electron chi connectivity index (χ1n) is 12.1. The van der Waals surface area contributed by atoms with E-state index in [0.29, 0.717) is 5.57 Å². The fraction of sp³-hybridized carbons (Fsp3) is 0.440. The van der Waals surface area contributed by atoms with E-state index in [2.05, 4.69) is 43.8 Å². The SMILES string of the molecule is C=N/C=C(\C=C/C)C(=O)N(CC#Cc1nc(N)c2ncn([C@@H]3O[C@H](C(=O)NC)[C@@H](O)[C@H]3O)c2n1)C1CCC1. The molecule has 0 aromatic carbocycles. The van der Waals surface area contributed by atoms with Crippen molar-refractivity contribution in [3.63, 3.8) is 0 Å². The molecule has 13 nitrogen and oxygen atoms in total. The number of likely N-dealkylation sites (N-methyl/N-ethyl adjacent to an activating group) is 1. The summed E-state index contributed by atoms with van der Waals surface area (Å²) in [6.45, 7) is 5.40. The number of hydrogen-bond donors (Lipinski definition) is 4. The topological polar surface area (TPSA) is 181 Å². The highest BCUT2D eigenvalue weighted by Gasteiger charge is 2.47. The number of nitrogens with two attached hydrogens (primary N) is 1. The Morgan fingerprint density at radius 1 is 1.37 bits per heavy atom. The molecular formula is C25H30N8O5. The summed E-state index contributed by atoms with van der Waals surface area (Å²) in [5.74, 6) is 5.17. The number of amides is 2. The molecule has 1 saturated heterocycles. The maximum Gasteiger partial charge on any atom is 0.256 e. The first-order valence-corrected chi connectivity index (χ1v) is 12.1. The van der Waals surface area contributed by atoms with Gasteiger partial charge in [0.2, 0.25) is 5.82 Å². The van der Waals surface area contributed by atoms with Gasteiger partial charge in [-0.25, -0.2) is 15.0 Å². The van der Waals surface area contributed by atoms with Crippen LogP contribution in [0.25, 0.3) is 11.2 Å². The summed E-state index contributed by atoms with van der Waals surface area (Å²) in [5.41, 5.74) is 6.95. The van der Waals surface area contributed by atoms with Crippen LogP contribution >= 0.6 is 0 Å². The molecule has 0 radical (unpaired) electrons. The van der Waals surface area contributed by atoms with Crippen LogP contribution in [0, 0.1) is 11.8 Å². The van der Waals surface area contributed by atoms with E-state index in [1.807, 2.05) is 6.92 Å². The Kier molecular flexibility index (Phi) is 8.16. The Morgan fingerprint density at radius 2 is 2.13 bits per heavy atom. The van der Waals surface area contributed by atoms with E-state index in [1.54, 1.807) is 17.1 Å². The summed E-state index contributed by atoms with van der Waals surface area (Å²) in [6, 6.07) is 0.0749. The monoisotopic (exact) mass is 522 g/mol. The molecule has 1 aliphatic carbocycles. The van der Waals surface area contributed by atoms with Crippen molar-refractivity contribution in [2.24, 2.45) is 4.99 Å². The average Bonchev–Trinajstić information content (AvgIpc) is 3.42. The Bertz CT molecular complexity index is 1350. The van der Waals surface area contributed by atoms with Crippen LogP contribution in [0.4, 0.5) is 5.82 Å². The first-order chi connectivity index (χ1) is 18.3. The van der Waals surface area contributed by atoms with Gasteiger partial charge in [0.25, 0.3) is 11.8 Å². The van der Waals surface area contributed by atoms with Crippen molar-refractivity contribution < 1.29 is 24.5 Å². The molecule has 4 atom stereocenters. The zero-order valence-electron chi connectivity index (χ0n) is 21.1. The van der Waals surface area contributed by atoms with Gasteiger partial charge in [0.15, 0.2) is 23.8 Å².